The Labute approximate surface area is 160 Å². The molecule has 0 saturated carbocycles. The molecule has 1 heterocycles. The van der Waals surface area contributed by atoms with Crippen molar-refractivity contribution in [2.45, 2.75) is 18.9 Å². The second-order valence-corrected chi connectivity index (χ2v) is 6.99. The van der Waals surface area contributed by atoms with Gasteiger partial charge >= 0.3 is 0 Å². The maximum atomic E-state index is 13.1. The van der Waals surface area contributed by atoms with Gasteiger partial charge < -0.3 is 4.90 Å². The largest absolute Gasteiger partial charge is 0.309 e. The van der Waals surface area contributed by atoms with Gasteiger partial charge in [-0.1, -0.05) is 48.5 Å². The van der Waals surface area contributed by atoms with Crippen LogP contribution in [0.3, 0.4) is 0 Å². The van der Waals surface area contributed by atoms with E-state index in [4.69, 9.17) is 0 Å². The predicted octanol–water partition coefficient (Wildman–Crippen LogP) is 2.98. The first-order chi connectivity index (χ1) is 13.1. The van der Waals surface area contributed by atoms with Gasteiger partial charge in [0.1, 0.15) is 0 Å². The number of carbonyl (C=O) groups is 2. The molecule has 2 amide bonds. The first-order valence-electron chi connectivity index (χ1n) is 9.21. The molecule has 2 aromatic carbocycles. The van der Waals surface area contributed by atoms with Crippen molar-refractivity contribution in [1.29, 1.82) is 0 Å². The average Bonchev–Trinajstić information content (AvgIpc) is 2.68. The molecule has 140 valence electrons. The molecule has 0 spiro atoms. The van der Waals surface area contributed by atoms with Crippen LogP contribution in [0.15, 0.2) is 59.6 Å². The van der Waals surface area contributed by atoms with Gasteiger partial charge in [-0.25, -0.2) is 0 Å². The second-order valence-electron chi connectivity index (χ2n) is 6.99. The number of imide groups is 1. The first kappa shape index (κ1) is 19.0. The Balaban J connectivity index is 1.83. The molecule has 0 bridgehead atoms. The zero-order valence-electron chi connectivity index (χ0n) is 15.8. The van der Waals surface area contributed by atoms with Crippen LogP contribution in [0.4, 0.5) is 0 Å². The SMILES string of the molecule is CN(C)CCCN=CC1C(=O)N(Cc2ccccc2)C(=O)c2ccccc21. The molecule has 1 unspecified atom stereocenters. The standard InChI is InChI=1S/C22H25N3O2/c1-24(2)14-8-13-23-15-20-18-11-6-7-12-19(18)21(26)25(22(20)27)16-17-9-4-3-5-10-17/h3-7,9-12,15,20H,8,13-14,16H2,1-2H3. The van der Waals surface area contributed by atoms with Crippen molar-refractivity contribution in [1.82, 2.24) is 9.80 Å². The summed E-state index contributed by atoms with van der Waals surface area (Å²) in [5, 5.41) is 0. The quantitative estimate of drug-likeness (QED) is 0.432. The second kappa shape index (κ2) is 8.73. The van der Waals surface area contributed by atoms with E-state index >= 15 is 0 Å². The van der Waals surface area contributed by atoms with Crippen molar-refractivity contribution in [3.63, 3.8) is 0 Å². The van der Waals surface area contributed by atoms with Crippen LogP contribution < -0.4 is 0 Å². The van der Waals surface area contributed by atoms with Crippen LogP contribution in [0.5, 0.6) is 0 Å². The molecule has 1 aliphatic rings. The maximum absolute atomic E-state index is 13.1. The summed E-state index contributed by atoms with van der Waals surface area (Å²) >= 11 is 0. The molecule has 0 N–H and O–H groups in total. The fraction of sp³-hybridized carbons (Fsp3) is 0.318. The Bertz CT molecular complexity index is 830. The predicted molar refractivity (Wildman–Crippen MR) is 107 cm³/mol. The molecular weight excluding hydrogens is 338 g/mol. The molecule has 1 aliphatic heterocycles. The van der Waals surface area contributed by atoms with E-state index in [-0.39, 0.29) is 18.4 Å². The summed E-state index contributed by atoms with van der Waals surface area (Å²) < 4.78 is 0. The molecule has 0 radical (unpaired) electrons. The molecular formula is C22H25N3O2. The van der Waals surface area contributed by atoms with Gasteiger partial charge in [-0.15, -0.1) is 0 Å². The van der Waals surface area contributed by atoms with Crippen molar-refractivity contribution in [3.8, 4) is 0 Å². The lowest BCUT2D eigenvalue weighted by molar-refractivity contribution is -0.129. The van der Waals surface area contributed by atoms with Crippen LogP contribution in [0.25, 0.3) is 0 Å². The monoisotopic (exact) mass is 363 g/mol. The topological polar surface area (TPSA) is 53.0 Å². The van der Waals surface area contributed by atoms with E-state index < -0.39 is 5.92 Å². The Morgan fingerprint density at radius 3 is 2.48 bits per heavy atom. The number of carbonyl (C=O) groups excluding carboxylic acids is 2. The van der Waals surface area contributed by atoms with E-state index in [0.717, 1.165) is 24.1 Å². The molecule has 0 aliphatic carbocycles. The highest BCUT2D eigenvalue weighted by atomic mass is 16.2. The number of hydrogen-bond acceptors (Lipinski definition) is 4. The Kier molecular flexibility index (Phi) is 6.14. The lowest BCUT2D eigenvalue weighted by Gasteiger charge is -2.31. The number of hydrogen-bond donors (Lipinski definition) is 0. The van der Waals surface area contributed by atoms with Crippen molar-refractivity contribution < 1.29 is 9.59 Å². The third-order valence-corrected chi connectivity index (χ3v) is 4.63. The fourth-order valence-electron chi connectivity index (χ4n) is 3.23. The van der Waals surface area contributed by atoms with Crippen molar-refractivity contribution in [3.05, 3.63) is 71.3 Å². The number of fused-ring (bicyclic) bond motifs is 1. The van der Waals surface area contributed by atoms with E-state index in [2.05, 4.69) is 9.89 Å². The van der Waals surface area contributed by atoms with Gasteiger partial charge in [0.05, 0.1) is 12.5 Å². The summed E-state index contributed by atoms with van der Waals surface area (Å²) in [7, 11) is 4.05. The Morgan fingerprint density at radius 2 is 1.74 bits per heavy atom. The van der Waals surface area contributed by atoms with Gasteiger partial charge in [0.25, 0.3) is 5.91 Å². The van der Waals surface area contributed by atoms with Crippen LogP contribution >= 0.6 is 0 Å². The Morgan fingerprint density at radius 1 is 1.04 bits per heavy atom. The van der Waals surface area contributed by atoms with Crippen LogP contribution in [0.2, 0.25) is 0 Å². The van der Waals surface area contributed by atoms with Crippen molar-refractivity contribution in [2.24, 2.45) is 4.99 Å². The van der Waals surface area contributed by atoms with Crippen molar-refractivity contribution >= 4 is 18.0 Å². The number of rotatable bonds is 7. The highest BCUT2D eigenvalue weighted by molar-refractivity contribution is 6.16. The minimum Gasteiger partial charge on any atom is -0.309 e. The number of amides is 2. The fourth-order valence-corrected chi connectivity index (χ4v) is 3.23. The van der Waals surface area contributed by atoms with E-state index in [9.17, 15) is 9.59 Å². The van der Waals surface area contributed by atoms with E-state index in [1.165, 1.54) is 4.90 Å². The van der Waals surface area contributed by atoms with E-state index in [1.54, 1.807) is 12.3 Å². The van der Waals surface area contributed by atoms with E-state index in [0.29, 0.717) is 12.1 Å². The summed E-state index contributed by atoms with van der Waals surface area (Å²) in [5.74, 6) is -0.961. The number of benzene rings is 2. The van der Waals surface area contributed by atoms with Crippen LogP contribution in [-0.2, 0) is 11.3 Å². The van der Waals surface area contributed by atoms with Gasteiger partial charge in [-0.3, -0.25) is 19.5 Å². The van der Waals surface area contributed by atoms with Gasteiger partial charge in [0.15, 0.2) is 0 Å². The lowest BCUT2D eigenvalue weighted by atomic mass is 9.89. The number of aliphatic imine (C=N–C) groups is 1. The zero-order chi connectivity index (χ0) is 19.2. The van der Waals surface area contributed by atoms with Crippen molar-refractivity contribution in [2.75, 3.05) is 27.2 Å². The summed E-state index contributed by atoms with van der Waals surface area (Å²) in [6.45, 7) is 1.89. The molecule has 0 aromatic heterocycles. The summed E-state index contributed by atoms with van der Waals surface area (Å²) in [4.78, 5) is 33.9. The molecule has 5 heteroatoms. The molecule has 0 fully saturated rings. The highest BCUT2D eigenvalue weighted by Crippen LogP contribution is 2.29. The summed E-state index contributed by atoms with van der Waals surface area (Å²) in [5.41, 5.74) is 2.26. The van der Waals surface area contributed by atoms with E-state index in [1.807, 2.05) is 62.6 Å². The molecule has 5 nitrogen and oxygen atoms in total. The van der Waals surface area contributed by atoms with Crippen LogP contribution in [0.1, 0.15) is 33.8 Å². The minimum absolute atomic E-state index is 0.209. The Hall–Kier alpha value is -2.79. The van der Waals surface area contributed by atoms with Crippen LogP contribution in [0, 0.1) is 0 Å². The molecule has 2 aromatic rings. The third kappa shape index (κ3) is 4.49. The molecule has 3 rings (SSSR count). The van der Waals surface area contributed by atoms with Gasteiger partial charge in [-0.2, -0.15) is 0 Å². The highest BCUT2D eigenvalue weighted by Gasteiger charge is 2.37. The van der Waals surface area contributed by atoms with Gasteiger partial charge in [0.2, 0.25) is 5.91 Å². The first-order valence-corrected chi connectivity index (χ1v) is 9.21. The van der Waals surface area contributed by atoms with Gasteiger partial charge in [0, 0.05) is 18.3 Å². The normalized spacial score (nSPS) is 17.0. The number of nitrogens with zero attached hydrogens (tertiary/aromatic N) is 3. The molecule has 27 heavy (non-hydrogen) atoms. The van der Waals surface area contributed by atoms with Crippen LogP contribution in [-0.4, -0.2) is 55.0 Å². The summed E-state index contributed by atoms with van der Waals surface area (Å²) in [6, 6.07) is 16.9. The lowest BCUT2D eigenvalue weighted by Crippen LogP contribution is -2.44. The maximum Gasteiger partial charge on any atom is 0.261 e. The summed E-state index contributed by atoms with van der Waals surface area (Å²) in [6.07, 6.45) is 2.64. The minimum atomic E-state index is -0.512. The zero-order valence-corrected chi connectivity index (χ0v) is 15.8. The molecule has 0 saturated heterocycles. The third-order valence-electron chi connectivity index (χ3n) is 4.63. The smallest absolute Gasteiger partial charge is 0.261 e. The average molecular weight is 363 g/mol. The van der Waals surface area contributed by atoms with Gasteiger partial charge in [-0.05, 0) is 44.3 Å². The molecule has 1 atom stereocenters.